The van der Waals surface area contributed by atoms with Gasteiger partial charge in [-0.25, -0.2) is 4.39 Å². The Morgan fingerprint density at radius 3 is 2.82 bits per heavy atom. The van der Waals surface area contributed by atoms with E-state index in [2.05, 4.69) is 0 Å². The monoisotopic (exact) mass is 238 g/mol. The van der Waals surface area contributed by atoms with E-state index in [0.717, 1.165) is 5.56 Å². The van der Waals surface area contributed by atoms with E-state index in [0.29, 0.717) is 12.2 Å². The van der Waals surface area contributed by atoms with Gasteiger partial charge in [0.15, 0.2) is 0 Å². The zero-order valence-electron chi connectivity index (χ0n) is 10.2. The van der Waals surface area contributed by atoms with Crippen LogP contribution in [0.25, 0.3) is 0 Å². The van der Waals surface area contributed by atoms with Gasteiger partial charge in [0.25, 0.3) is 0 Å². The first-order valence-electron chi connectivity index (χ1n) is 5.99. The van der Waals surface area contributed by atoms with E-state index in [4.69, 9.17) is 5.73 Å². The topological polar surface area (TPSA) is 49.5 Å². The summed E-state index contributed by atoms with van der Waals surface area (Å²) in [5, 5.41) is 9.92. The molecule has 0 saturated carbocycles. The maximum absolute atomic E-state index is 13.9. The molecule has 0 spiro atoms. The highest BCUT2D eigenvalue weighted by molar-refractivity contribution is 5.62. The quantitative estimate of drug-likeness (QED) is 0.838. The van der Waals surface area contributed by atoms with Crippen molar-refractivity contribution in [3.63, 3.8) is 0 Å². The van der Waals surface area contributed by atoms with E-state index in [1.807, 2.05) is 24.8 Å². The van der Waals surface area contributed by atoms with Crippen molar-refractivity contribution in [3.8, 4) is 0 Å². The van der Waals surface area contributed by atoms with Crippen LogP contribution in [0.3, 0.4) is 0 Å². The number of rotatable bonds is 3. The summed E-state index contributed by atoms with van der Waals surface area (Å²) in [5.41, 5.74) is 7.00. The van der Waals surface area contributed by atoms with Crippen molar-refractivity contribution in [3.05, 3.63) is 29.6 Å². The Bertz CT molecular complexity index is 408. The molecule has 2 rings (SSSR count). The predicted octanol–water partition coefficient (Wildman–Crippen LogP) is 1.46. The number of aliphatic hydroxyl groups excluding tert-OH is 1. The van der Waals surface area contributed by atoms with Crippen LogP contribution in [0.1, 0.15) is 25.3 Å². The molecule has 0 fully saturated rings. The van der Waals surface area contributed by atoms with Crippen molar-refractivity contribution < 1.29 is 9.50 Å². The Balaban J connectivity index is 2.44. The molecule has 1 heterocycles. The highest BCUT2D eigenvalue weighted by atomic mass is 19.1. The summed E-state index contributed by atoms with van der Waals surface area (Å²) in [4.78, 5) is 1.99. The molecule has 17 heavy (non-hydrogen) atoms. The van der Waals surface area contributed by atoms with Crippen LogP contribution in [-0.2, 0) is 0 Å². The molecule has 94 valence electrons. The largest absolute Gasteiger partial charge is 0.391 e. The highest BCUT2D eigenvalue weighted by Gasteiger charge is 2.35. The summed E-state index contributed by atoms with van der Waals surface area (Å²) < 4.78 is 13.9. The minimum absolute atomic E-state index is 0.0897. The molecule has 0 radical (unpaired) electrons. The second-order valence-electron chi connectivity index (χ2n) is 4.83. The fraction of sp³-hybridized carbons (Fsp3) is 0.538. The van der Waals surface area contributed by atoms with Gasteiger partial charge in [0.1, 0.15) is 5.82 Å². The summed E-state index contributed by atoms with van der Waals surface area (Å²) in [6.45, 7) is 4.87. The molecule has 2 unspecified atom stereocenters. The van der Waals surface area contributed by atoms with Crippen molar-refractivity contribution in [1.29, 1.82) is 0 Å². The van der Waals surface area contributed by atoms with Gasteiger partial charge in [0.2, 0.25) is 0 Å². The number of nitrogens with zero attached hydrogens (tertiary/aromatic N) is 1. The third-order valence-corrected chi connectivity index (χ3v) is 3.43. The number of hydrogen-bond acceptors (Lipinski definition) is 3. The van der Waals surface area contributed by atoms with Crippen molar-refractivity contribution in [1.82, 2.24) is 0 Å². The molecule has 1 aromatic carbocycles. The Hall–Kier alpha value is -1.13. The summed E-state index contributed by atoms with van der Waals surface area (Å²) in [6.07, 6.45) is -0.612. The molecule has 2 atom stereocenters. The SMILES string of the molecule is CC(C)N1CC(C(O)CN)c2cccc(F)c21. The summed E-state index contributed by atoms with van der Waals surface area (Å²) in [7, 11) is 0. The maximum Gasteiger partial charge on any atom is 0.146 e. The maximum atomic E-state index is 13.9. The molecule has 3 nitrogen and oxygen atoms in total. The zero-order chi connectivity index (χ0) is 12.6. The van der Waals surface area contributed by atoms with Gasteiger partial charge in [0.05, 0.1) is 11.8 Å². The van der Waals surface area contributed by atoms with Crippen LogP contribution in [0.4, 0.5) is 10.1 Å². The molecule has 0 aliphatic carbocycles. The van der Waals surface area contributed by atoms with E-state index in [1.165, 1.54) is 6.07 Å². The molecule has 1 aliphatic heterocycles. The minimum Gasteiger partial charge on any atom is -0.391 e. The number of para-hydroxylation sites is 1. The molecule has 3 N–H and O–H groups in total. The second-order valence-corrected chi connectivity index (χ2v) is 4.83. The van der Waals surface area contributed by atoms with Crippen molar-refractivity contribution >= 4 is 5.69 Å². The lowest BCUT2D eigenvalue weighted by Gasteiger charge is -2.25. The van der Waals surface area contributed by atoms with Crippen molar-refractivity contribution in [2.75, 3.05) is 18.0 Å². The van der Waals surface area contributed by atoms with Gasteiger partial charge < -0.3 is 15.7 Å². The van der Waals surface area contributed by atoms with Crippen LogP contribution < -0.4 is 10.6 Å². The van der Waals surface area contributed by atoms with Crippen molar-refractivity contribution in [2.45, 2.75) is 31.9 Å². The molecule has 1 aromatic rings. The molecule has 0 bridgehead atoms. The number of aliphatic hydroxyl groups is 1. The first-order valence-corrected chi connectivity index (χ1v) is 5.99. The van der Waals surface area contributed by atoms with Crippen LogP contribution in [-0.4, -0.2) is 30.3 Å². The van der Waals surface area contributed by atoms with Crippen LogP contribution in [0, 0.1) is 5.82 Å². The Morgan fingerprint density at radius 1 is 1.53 bits per heavy atom. The lowest BCUT2D eigenvalue weighted by atomic mass is 9.95. The number of anilines is 1. The molecule has 0 saturated heterocycles. The zero-order valence-corrected chi connectivity index (χ0v) is 10.2. The van der Waals surface area contributed by atoms with Gasteiger partial charge in [-0.2, -0.15) is 0 Å². The van der Waals surface area contributed by atoms with Crippen LogP contribution in [0.15, 0.2) is 18.2 Å². The Morgan fingerprint density at radius 2 is 2.24 bits per heavy atom. The van der Waals surface area contributed by atoms with Gasteiger partial charge in [-0.15, -0.1) is 0 Å². The number of hydrogen-bond donors (Lipinski definition) is 2. The Labute approximate surface area is 101 Å². The number of halogens is 1. The number of nitrogens with two attached hydrogens (primary N) is 1. The third-order valence-electron chi connectivity index (χ3n) is 3.43. The average Bonchev–Trinajstić information content (AvgIpc) is 2.69. The van der Waals surface area contributed by atoms with Gasteiger partial charge in [0, 0.05) is 25.0 Å². The van der Waals surface area contributed by atoms with Gasteiger partial charge in [-0.1, -0.05) is 12.1 Å². The van der Waals surface area contributed by atoms with Gasteiger partial charge in [-0.3, -0.25) is 0 Å². The lowest BCUT2D eigenvalue weighted by molar-refractivity contribution is 0.155. The summed E-state index contributed by atoms with van der Waals surface area (Å²) >= 11 is 0. The molecule has 0 amide bonds. The minimum atomic E-state index is -0.612. The third kappa shape index (κ3) is 2.03. The van der Waals surface area contributed by atoms with E-state index in [9.17, 15) is 9.50 Å². The standard InChI is InChI=1S/C13H19FN2O/c1-8(2)16-7-10(12(17)6-15)9-4-3-5-11(14)13(9)16/h3-5,8,10,12,17H,6-7,15H2,1-2H3. The van der Waals surface area contributed by atoms with Gasteiger partial charge >= 0.3 is 0 Å². The van der Waals surface area contributed by atoms with E-state index in [1.54, 1.807) is 6.07 Å². The first kappa shape index (κ1) is 12.3. The fourth-order valence-corrected chi connectivity index (χ4v) is 2.50. The molecular weight excluding hydrogens is 219 g/mol. The smallest absolute Gasteiger partial charge is 0.146 e. The normalized spacial score (nSPS) is 20.8. The molecular formula is C13H19FN2O. The van der Waals surface area contributed by atoms with Crippen molar-refractivity contribution in [2.24, 2.45) is 5.73 Å². The second kappa shape index (κ2) is 4.63. The summed E-state index contributed by atoms with van der Waals surface area (Å²) in [6, 6.07) is 5.24. The van der Waals surface area contributed by atoms with E-state index >= 15 is 0 Å². The molecule has 4 heteroatoms. The number of fused-ring (bicyclic) bond motifs is 1. The molecule has 0 aromatic heterocycles. The summed E-state index contributed by atoms with van der Waals surface area (Å²) in [5.74, 6) is -0.309. The van der Waals surface area contributed by atoms with E-state index in [-0.39, 0.29) is 24.3 Å². The average molecular weight is 238 g/mol. The Kier molecular flexibility index (Phi) is 3.35. The van der Waals surface area contributed by atoms with E-state index < -0.39 is 6.10 Å². The first-order chi connectivity index (χ1) is 8.06. The fourth-order valence-electron chi connectivity index (χ4n) is 2.50. The highest BCUT2D eigenvalue weighted by Crippen LogP contribution is 2.40. The number of benzene rings is 1. The van der Waals surface area contributed by atoms with Crippen LogP contribution >= 0.6 is 0 Å². The lowest BCUT2D eigenvalue weighted by Crippen LogP contribution is -2.34. The molecule has 1 aliphatic rings. The van der Waals surface area contributed by atoms with Crippen LogP contribution in [0.5, 0.6) is 0 Å². The van der Waals surface area contributed by atoms with Crippen LogP contribution in [0.2, 0.25) is 0 Å². The van der Waals surface area contributed by atoms with Gasteiger partial charge in [-0.05, 0) is 25.5 Å². The predicted molar refractivity (Wildman–Crippen MR) is 66.7 cm³/mol.